The highest BCUT2D eigenvalue weighted by atomic mass is 16.5. The molecule has 0 radical (unpaired) electrons. The van der Waals surface area contributed by atoms with Gasteiger partial charge in [-0.05, 0) is 42.0 Å². The van der Waals surface area contributed by atoms with E-state index in [1.807, 2.05) is 12.1 Å². The molecule has 0 bridgehead atoms. The molecule has 6 nitrogen and oxygen atoms in total. The number of amides is 2. The van der Waals surface area contributed by atoms with Crippen molar-refractivity contribution in [3.05, 3.63) is 90.0 Å². The first kappa shape index (κ1) is 18.3. The minimum atomic E-state index is -0.449. The van der Waals surface area contributed by atoms with Gasteiger partial charge in [-0.1, -0.05) is 54.3 Å². The maximum atomic E-state index is 13.2. The maximum Gasteiger partial charge on any atom is 0.283 e. The van der Waals surface area contributed by atoms with Crippen LogP contribution in [0, 0.1) is 0 Å². The highest BCUT2D eigenvalue weighted by Crippen LogP contribution is 2.33. The Hall–Kier alpha value is -4.06. The molecule has 0 saturated carbocycles. The molecule has 1 aliphatic rings. The number of hydrogen-bond donors (Lipinski definition) is 0. The summed E-state index contributed by atoms with van der Waals surface area (Å²) in [5.41, 5.74) is 1.68. The lowest BCUT2D eigenvalue weighted by Crippen LogP contribution is -2.41. The third-order valence-electron chi connectivity index (χ3n) is 4.55. The van der Waals surface area contributed by atoms with E-state index in [9.17, 15) is 14.7 Å². The summed E-state index contributed by atoms with van der Waals surface area (Å²) in [6.07, 6.45) is 1.48. The SMILES string of the molecule is COc1cc(C=C2C(=O)N(c3ccccc3)N(c3ccccc3)C2=O)ccc1[O-]. The predicted molar refractivity (Wildman–Crippen MR) is 108 cm³/mol. The van der Waals surface area contributed by atoms with Crippen LogP contribution < -0.4 is 19.9 Å². The Morgan fingerprint density at radius 3 is 1.79 bits per heavy atom. The van der Waals surface area contributed by atoms with Gasteiger partial charge in [0.25, 0.3) is 11.8 Å². The van der Waals surface area contributed by atoms with Gasteiger partial charge in [-0.25, -0.2) is 10.0 Å². The fraction of sp³-hybridized carbons (Fsp3) is 0.0435. The van der Waals surface area contributed by atoms with Crippen molar-refractivity contribution in [3.63, 3.8) is 0 Å². The van der Waals surface area contributed by atoms with Crippen molar-refractivity contribution in [1.82, 2.24) is 0 Å². The Morgan fingerprint density at radius 2 is 1.31 bits per heavy atom. The Labute approximate surface area is 167 Å². The van der Waals surface area contributed by atoms with Gasteiger partial charge in [0.15, 0.2) is 0 Å². The molecule has 29 heavy (non-hydrogen) atoms. The van der Waals surface area contributed by atoms with Crippen molar-refractivity contribution in [3.8, 4) is 11.5 Å². The molecule has 144 valence electrons. The topological polar surface area (TPSA) is 72.9 Å². The van der Waals surface area contributed by atoms with Crippen LogP contribution >= 0.6 is 0 Å². The molecule has 1 heterocycles. The Balaban J connectivity index is 1.82. The fourth-order valence-corrected chi connectivity index (χ4v) is 3.17. The van der Waals surface area contributed by atoms with Gasteiger partial charge in [0, 0.05) is 0 Å². The number of anilines is 2. The Bertz CT molecular complexity index is 1030. The van der Waals surface area contributed by atoms with E-state index in [1.165, 1.54) is 35.3 Å². The quantitative estimate of drug-likeness (QED) is 0.511. The summed E-state index contributed by atoms with van der Waals surface area (Å²) in [6.45, 7) is 0. The second-order valence-electron chi connectivity index (χ2n) is 6.37. The zero-order chi connectivity index (χ0) is 20.4. The summed E-state index contributed by atoms with van der Waals surface area (Å²) in [5, 5.41) is 14.4. The number of rotatable bonds is 4. The second kappa shape index (κ2) is 7.52. The number of carbonyl (C=O) groups is 2. The lowest BCUT2D eigenvalue weighted by atomic mass is 10.1. The number of hydrogen-bond acceptors (Lipinski definition) is 4. The number of ether oxygens (including phenoxy) is 1. The van der Waals surface area contributed by atoms with Crippen LogP contribution in [0.1, 0.15) is 5.56 Å². The number of benzene rings is 3. The zero-order valence-electron chi connectivity index (χ0n) is 15.6. The molecule has 1 fully saturated rings. The summed E-state index contributed by atoms with van der Waals surface area (Å²) in [7, 11) is 1.40. The average Bonchev–Trinajstić information content (AvgIpc) is 3.01. The number of para-hydroxylation sites is 2. The third kappa shape index (κ3) is 3.32. The molecule has 0 aromatic heterocycles. The summed E-state index contributed by atoms with van der Waals surface area (Å²) in [4.78, 5) is 26.5. The number of methoxy groups -OCH3 is 1. The van der Waals surface area contributed by atoms with E-state index >= 15 is 0 Å². The summed E-state index contributed by atoms with van der Waals surface area (Å²) >= 11 is 0. The standard InChI is InChI=1S/C23H18N2O4/c1-29-21-15-16(12-13-20(21)26)14-19-22(27)24(17-8-4-2-5-9-17)25(23(19)28)18-10-6-3-7-11-18/h2-15,26H,1H3/p-1. The van der Waals surface area contributed by atoms with E-state index in [1.54, 1.807) is 54.6 Å². The number of hydrazine groups is 1. The van der Waals surface area contributed by atoms with Gasteiger partial charge in [0.2, 0.25) is 0 Å². The van der Waals surface area contributed by atoms with Gasteiger partial charge < -0.3 is 9.84 Å². The van der Waals surface area contributed by atoms with Crippen molar-refractivity contribution in [2.75, 3.05) is 17.1 Å². The van der Waals surface area contributed by atoms with Gasteiger partial charge in [0.1, 0.15) is 11.3 Å². The highest BCUT2D eigenvalue weighted by molar-refractivity contribution is 6.38. The van der Waals surface area contributed by atoms with Crippen LogP contribution in [0.25, 0.3) is 6.08 Å². The van der Waals surface area contributed by atoms with E-state index in [-0.39, 0.29) is 17.1 Å². The van der Waals surface area contributed by atoms with E-state index in [0.717, 1.165) is 0 Å². The normalized spacial score (nSPS) is 13.8. The molecular weight excluding hydrogens is 368 g/mol. The lowest BCUT2D eigenvalue weighted by Gasteiger charge is -2.27. The molecule has 2 amide bonds. The van der Waals surface area contributed by atoms with Gasteiger partial charge in [-0.15, -0.1) is 0 Å². The molecule has 3 aromatic rings. The van der Waals surface area contributed by atoms with E-state index in [2.05, 4.69) is 0 Å². The monoisotopic (exact) mass is 385 g/mol. The molecule has 0 spiro atoms. The minimum absolute atomic E-state index is 0.00147. The molecule has 0 unspecified atom stereocenters. The van der Waals surface area contributed by atoms with Crippen LogP contribution in [-0.2, 0) is 9.59 Å². The van der Waals surface area contributed by atoms with E-state index in [0.29, 0.717) is 16.9 Å². The first-order valence-corrected chi connectivity index (χ1v) is 8.96. The van der Waals surface area contributed by atoms with E-state index < -0.39 is 11.8 Å². The Kier molecular flexibility index (Phi) is 4.75. The minimum Gasteiger partial charge on any atom is -0.870 e. The highest BCUT2D eigenvalue weighted by Gasteiger charge is 2.42. The molecular formula is C23H17N2O4-. The molecule has 1 saturated heterocycles. The van der Waals surface area contributed by atoms with Crippen molar-refractivity contribution in [1.29, 1.82) is 0 Å². The summed E-state index contributed by atoms with van der Waals surface area (Å²) in [5.74, 6) is -1.02. The predicted octanol–water partition coefficient (Wildman–Crippen LogP) is 3.15. The van der Waals surface area contributed by atoms with Crippen LogP contribution in [0.15, 0.2) is 84.4 Å². The van der Waals surface area contributed by atoms with Gasteiger partial charge in [-0.3, -0.25) is 9.59 Å². The number of carbonyl (C=O) groups excluding carboxylic acids is 2. The third-order valence-corrected chi connectivity index (χ3v) is 4.55. The first-order chi connectivity index (χ1) is 14.1. The fourth-order valence-electron chi connectivity index (χ4n) is 3.17. The molecule has 1 aliphatic heterocycles. The molecule has 0 N–H and O–H groups in total. The average molecular weight is 385 g/mol. The molecule has 4 rings (SSSR count). The smallest absolute Gasteiger partial charge is 0.283 e. The van der Waals surface area contributed by atoms with Crippen LogP contribution in [-0.4, -0.2) is 18.9 Å². The first-order valence-electron chi connectivity index (χ1n) is 8.96. The van der Waals surface area contributed by atoms with Crippen LogP contribution in [0.4, 0.5) is 11.4 Å². The maximum absolute atomic E-state index is 13.2. The van der Waals surface area contributed by atoms with Gasteiger partial charge in [0.05, 0.1) is 18.5 Å². The van der Waals surface area contributed by atoms with Crippen molar-refractivity contribution in [2.24, 2.45) is 0 Å². The van der Waals surface area contributed by atoms with Crippen molar-refractivity contribution < 1.29 is 19.4 Å². The molecule has 0 atom stereocenters. The molecule has 6 heteroatoms. The zero-order valence-corrected chi connectivity index (χ0v) is 15.6. The van der Waals surface area contributed by atoms with Crippen LogP contribution in [0.3, 0.4) is 0 Å². The summed E-state index contributed by atoms with van der Waals surface area (Å²) < 4.78 is 5.05. The summed E-state index contributed by atoms with van der Waals surface area (Å²) in [6, 6.07) is 22.3. The van der Waals surface area contributed by atoms with Gasteiger partial charge in [-0.2, -0.15) is 0 Å². The van der Waals surface area contributed by atoms with Gasteiger partial charge >= 0.3 is 0 Å². The lowest BCUT2D eigenvalue weighted by molar-refractivity contribution is -0.270. The number of nitrogens with zero attached hydrogens (tertiary/aromatic N) is 2. The molecule has 3 aromatic carbocycles. The van der Waals surface area contributed by atoms with E-state index in [4.69, 9.17) is 4.74 Å². The van der Waals surface area contributed by atoms with Crippen LogP contribution in [0.5, 0.6) is 11.5 Å². The van der Waals surface area contributed by atoms with Crippen LogP contribution in [0.2, 0.25) is 0 Å². The van der Waals surface area contributed by atoms with Crippen molar-refractivity contribution >= 4 is 29.3 Å². The molecule has 0 aliphatic carbocycles. The Morgan fingerprint density at radius 1 is 0.793 bits per heavy atom. The second-order valence-corrected chi connectivity index (χ2v) is 6.37. The van der Waals surface area contributed by atoms with Crippen molar-refractivity contribution in [2.45, 2.75) is 0 Å². The largest absolute Gasteiger partial charge is 0.870 e.